The van der Waals surface area contributed by atoms with Crippen LogP contribution in [0.2, 0.25) is 0 Å². The molecule has 3 aromatic rings. The van der Waals surface area contributed by atoms with E-state index in [1.165, 1.54) is 11.1 Å². The van der Waals surface area contributed by atoms with Gasteiger partial charge >= 0.3 is 0 Å². The summed E-state index contributed by atoms with van der Waals surface area (Å²) in [6.45, 7) is 5.41. The van der Waals surface area contributed by atoms with Crippen molar-refractivity contribution in [3.63, 3.8) is 0 Å². The number of aryl methyl sites for hydroxylation is 2. The number of nitrogens with zero attached hydrogens (tertiary/aromatic N) is 5. The molecule has 146 valence electrons. The molecule has 1 aliphatic heterocycles. The minimum atomic E-state index is -0.259. The van der Waals surface area contributed by atoms with E-state index in [2.05, 4.69) is 56.4 Å². The van der Waals surface area contributed by atoms with Crippen molar-refractivity contribution in [1.29, 1.82) is 0 Å². The molecule has 8 nitrogen and oxygen atoms in total. The van der Waals surface area contributed by atoms with Crippen molar-refractivity contribution in [1.82, 2.24) is 35.3 Å². The van der Waals surface area contributed by atoms with Crippen LogP contribution in [-0.4, -0.2) is 49.5 Å². The Kier molecular flexibility index (Phi) is 5.06. The zero-order valence-corrected chi connectivity index (χ0v) is 16.4. The Morgan fingerprint density at radius 1 is 1.21 bits per heavy atom. The molecule has 0 spiro atoms. The fourth-order valence-electron chi connectivity index (χ4n) is 3.60. The van der Waals surface area contributed by atoms with Crippen LogP contribution in [0.4, 0.5) is 0 Å². The lowest BCUT2D eigenvalue weighted by Gasteiger charge is -2.20. The average molecular weight is 379 g/mol. The molecule has 1 amide bonds. The standard InChI is InChI=1S/C20H25N7O/c1-13-6-17-19(7-14(13)2)27(12-23-17)11-15-8-18(25-24-15)20(28)26(3)10-16-9-21-4-5-22-16/h4-7,9,12,15,18,24-25H,8,10-11H2,1-3H3. The third-order valence-corrected chi connectivity index (χ3v) is 5.33. The summed E-state index contributed by atoms with van der Waals surface area (Å²) in [5, 5.41) is 0. The predicted molar refractivity (Wildman–Crippen MR) is 106 cm³/mol. The molecule has 1 aromatic carbocycles. The number of fused-ring (bicyclic) bond motifs is 1. The lowest BCUT2D eigenvalue weighted by Crippen LogP contribution is -2.44. The summed E-state index contributed by atoms with van der Waals surface area (Å²) in [7, 11) is 1.79. The molecule has 2 unspecified atom stereocenters. The van der Waals surface area contributed by atoms with Crippen molar-refractivity contribution < 1.29 is 4.79 Å². The highest BCUT2D eigenvalue weighted by Gasteiger charge is 2.31. The fraction of sp³-hybridized carbons (Fsp3) is 0.400. The van der Waals surface area contributed by atoms with Crippen LogP contribution in [0.3, 0.4) is 0 Å². The Labute approximate surface area is 164 Å². The van der Waals surface area contributed by atoms with E-state index in [4.69, 9.17) is 0 Å². The summed E-state index contributed by atoms with van der Waals surface area (Å²) < 4.78 is 2.15. The molecule has 1 fully saturated rings. The quantitative estimate of drug-likeness (QED) is 0.696. The number of imidazole rings is 1. The minimum Gasteiger partial charge on any atom is -0.338 e. The lowest BCUT2D eigenvalue weighted by molar-refractivity contribution is -0.132. The van der Waals surface area contributed by atoms with Gasteiger partial charge in [0, 0.05) is 32.0 Å². The third-order valence-electron chi connectivity index (χ3n) is 5.33. The van der Waals surface area contributed by atoms with Gasteiger partial charge in [0.15, 0.2) is 0 Å². The Morgan fingerprint density at radius 2 is 2.04 bits per heavy atom. The van der Waals surface area contributed by atoms with E-state index in [1.807, 2.05) is 6.33 Å². The molecule has 2 aromatic heterocycles. The molecule has 1 saturated heterocycles. The van der Waals surface area contributed by atoms with Gasteiger partial charge in [0.05, 0.1) is 35.8 Å². The number of nitrogens with one attached hydrogen (secondary N) is 2. The van der Waals surface area contributed by atoms with Gasteiger partial charge in [-0.25, -0.2) is 10.4 Å². The molecule has 0 saturated carbocycles. The van der Waals surface area contributed by atoms with Crippen molar-refractivity contribution >= 4 is 16.9 Å². The first-order valence-electron chi connectivity index (χ1n) is 9.44. The molecule has 4 rings (SSSR count). The monoisotopic (exact) mass is 379 g/mol. The first kappa shape index (κ1) is 18.5. The van der Waals surface area contributed by atoms with Crippen molar-refractivity contribution in [2.24, 2.45) is 0 Å². The predicted octanol–water partition coefficient (Wildman–Crippen LogP) is 1.34. The molecular formula is C20H25N7O. The zero-order valence-electron chi connectivity index (χ0n) is 16.4. The number of likely N-dealkylation sites (N-methyl/N-ethyl adjacent to an activating group) is 1. The number of carbonyl (C=O) groups is 1. The van der Waals surface area contributed by atoms with Crippen molar-refractivity contribution in [3.05, 3.63) is 53.9 Å². The van der Waals surface area contributed by atoms with E-state index >= 15 is 0 Å². The molecule has 0 bridgehead atoms. The molecule has 0 aliphatic carbocycles. The Balaban J connectivity index is 1.39. The molecule has 0 radical (unpaired) electrons. The van der Waals surface area contributed by atoms with Crippen LogP contribution < -0.4 is 10.9 Å². The summed E-state index contributed by atoms with van der Waals surface area (Å²) in [5.74, 6) is 0.0441. The van der Waals surface area contributed by atoms with E-state index in [0.29, 0.717) is 13.0 Å². The second kappa shape index (κ2) is 7.65. The Hall–Kier alpha value is -2.84. The fourth-order valence-corrected chi connectivity index (χ4v) is 3.60. The van der Waals surface area contributed by atoms with E-state index < -0.39 is 0 Å². The minimum absolute atomic E-state index is 0.0441. The summed E-state index contributed by atoms with van der Waals surface area (Å²) in [4.78, 5) is 27.2. The number of carbonyl (C=O) groups excluding carboxylic acids is 1. The highest BCUT2D eigenvalue weighted by molar-refractivity contribution is 5.82. The van der Waals surface area contributed by atoms with Crippen LogP contribution >= 0.6 is 0 Å². The molecule has 2 N–H and O–H groups in total. The maximum absolute atomic E-state index is 12.7. The van der Waals surface area contributed by atoms with Crippen molar-refractivity contribution in [3.8, 4) is 0 Å². The maximum Gasteiger partial charge on any atom is 0.241 e. The number of hydrogen-bond donors (Lipinski definition) is 2. The first-order chi connectivity index (χ1) is 13.5. The largest absolute Gasteiger partial charge is 0.338 e. The van der Waals surface area contributed by atoms with E-state index in [9.17, 15) is 4.79 Å². The van der Waals surface area contributed by atoms with E-state index in [1.54, 1.807) is 30.5 Å². The van der Waals surface area contributed by atoms with Crippen LogP contribution in [0.5, 0.6) is 0 Å². The number of benzene rings is 1. The zero-order chi connectivity index (χ0) is 19.7. The number of amides is 1. The number of aromatic nitrogens is 4. The molecular weight excluding hydrogens is 354 g/mol. The number of hydrogen-bond acceptors (Lipinski definition) is 6. The SMILES string of the molecule is Cc1cc2ncn(CC3CC(C(=O)N(C)Cc4cnccn4)NN3)c2cc1C. The van der Waals surface area contributed by atoms with Gasteiger partial charge in [0.1, 0.15) is 6.04 Å². The smallest absolute Gasteiger partial charge is 0.241 e. The van der Waals surface area contributed by atoms with Gasteiger partial charge in [0.25, 0.3) is 0 Å². The van der Waals surface area contributed by atoms with Gasteiger partial charge in [-0.3, -0.25) is 20.2 Å². The summed E-state index contributed by atoms with van der Waals surface area (Å²) in [5.41, 5.74) is 11.8. The second-order valence-corrected chi connectivity index (χ2v) is 7.49. The summed E-state index contributed by atoms with van der Waals surface area (Å²) in [6.07, 6.45) is 7.54. The van der Waals surface area contributed by atoms with Gasteiger partial charge in [-0.05, 0) is 43.5 Å². The van der Waals surface area contributed by atoms with E-state index in [-0.39, 0.29) is 18.0 Å². The van der Waals surface area contributed by atoms with Gasteiger partial charge < -0.3 is 9.47 Å². The van der Waals surface area contributed by atoms with E-state index in [0.717, 1.165) is 23.3 Å². The highest BCUT2D eigenvalue weighted by Crippen LogP contribution is 2.20. The molecule has 28 heavy (non-hydrogen) atoms. The highest BCUT2D eigenvalue weighted by atomic mass is 16.2. The van der Waals surface area contributed by atoms with Gasteiger partial charge in [-0.1, -0.05) is 0 Å². The number of hydrazine groups is 1. The maximum atomic E-state index is 12.7. The van der Waals surface area contributed by atoms with Crippen LogP contribution in [-0.2, 0) is 17.9 Å². The van der Waals surface area contributed by atoms with Gasteiger partial charge in [-0.2, -0.15) is 0 Å². The third kappa shape index (κ3) is 3.74. The first-order valence-corrected chi connectivity index (χ1v) is 9.44. The number of rotatable bonds is 5. The molecule has 3 heterocycles. The second-order valence-electron chi connectivity index (χ2n) is 7.49. The molecule has 8 heteroatoms. The van der Waals surface area contributed by atoms with Crippen LogP contribution in [0.25, 0.3) is 11.0 Å². The topological polar surface area (TPSA) is 88.0 Å². The van der Waals surface area contributed by atoms with Crippen LogP contribution in [0.15, 0.2) is 37.1 Å². The van der Waals surface area contributed by atoms with Crippen molar-refractivity contribution in [2.45, 2.75) is 45.4 Å². The normalized spacial score (nSPS) is 19.2. The van der Waals surface area contributed by atoms with Crippen LogP contribution in [0.1, 0.15) is 23.2 Å². The van der Waals surface area contributed by atoms with Gasteiger partial charge in [0.2, 0.25) is 5.91 Å². The average Bonchev–Trinajstić information content (AvgIpc) is 3.30. The molecule has 1 aliphatic rings. The van der Waals surface area contributed by atoms with Gasteiger partial charge in [-0.15, -0.1) is 0 Å². The summed E-state index contributed by atoms with van der Waals surface area (Å²) in [6, 6.07) is 4.19. The van der Waals surface area contributed by atoms with Crippen LogP contribution in [0, 0.1) is 13.8 Å². The molecule has 2 atom stereocenters. The Morgan fingerprint density at radius 3 is 2.82 bits per heavy atom. The summed E-state index contributed by atoms with van der Waals surface area (Å²) >= 11 is 0. The van der Waals surface area contributed by atoms with Crippen molar-refractivity contribution in [2.75, 3.05) is 7.05 Å². The Bertz CT molecular complexity index is 985. The lowest BCUT2D eigenvalue weighted by atomic mass is 10.1.